The van der Waals surface area contributed by atoms with Crippen LogP contribution in [0, 0.1) is 0 Å². The molecule has 2 aromatic heterocycles. The molecule has 5 heteroatoms. The van der Waals surface area contributed by atoms with Crippen LogP contribution in [0.4, 0.5) is 0 Å². The molecule has 1 atom stereocenters. The number of para-hydroxylation sites is 2. The maximum atomic E-state index is 5.87. The first-order chi connectivity index (χ1) is 11.9. The molecule has 1 aliphatic carbocycles. The zero-order chi connectivity index (χ0) is 15.9. The lowest BCUT2D eigenvalue weighted by Gasteiger charge is -2.19. The summed E-state index contributed by atoms with van der Waals surface area (Å²) in [6.07, 6.45) is 8.20. The SMILES string of the molecule is c1ccc2oc(CN3CC[C@H](n4cnc5c4CCCC5)C3)nc2c1. The predicted octanol–water partition coefficient (Wildman–Crippen LogP) is 3.35. The predicted molar refractivity (Wildman–Crippen MR) is 91.8 cm³/mol. The third-order valence-corrected chi connectivity index (χ3v) is 5.40. The van der Waals surface area contributed by atoms with Crippen LogP contribution in [-0.2, 0) is 19.4 Å². The van der Waals surface area contributed by atoms with E-state index in [9.17, 15) is 0 Å². The Hall–Kier alpha value is -2.14. The second-order valence-corrected chi connectivity index (χ2v) is 7.01. The summed E-state index contributed by atoms with van der Waals surface area (Å²) in [4.78, 5) is 11.7. The second-order valence-electron chi connectivity index (χ2n) is 7.01. The number of hydrogen-bond acceptors (Lipinski definition) is 4. The molecule has 2 aliphatic rings. The van der Waals surface area contributed by atoms with Gasteiger partial charge in [0, 0.05) is 24.8 Å². The van der Waals surface area contributed by atoms with Crippen LogP contribution < -0.4 is 0 Å². The molecule has 1 saturated heterocycles. The maximum absolute atomic E-state index is 5.87. The van der Waals surface area contributed by atoms with Crippen molar-refractivity contribution in [3.05, 3.63) is 47.9 Å². The summed E-state index contributed by atoms with van der Waals surface area (Å²) in [5.74, 6) is 0.824. The number of imidazole rings is 1. The van der Waals surface area contributed by atoms with E-state index < -0.39 is 0 Å². The molecule has 5 nitrogen and oxygen atoms in total. The van der Waals surface area contributed by atoms with Gasteiger partial charge in [0.05, 0.1) is 18.6 Å². The van der Waals surface area contributed by atoms with E-state index in [1.54, 1.807) is 0 Å². The summed E-state index contributed by atoms with van der Waals surface area (Å²) in [6, 6.07) is 8.53. The van der Waals surface area contributed by atoms with Gasteiger partial charge in [-0.2, -0.15) is 0 Å². The smallest absolute Gasteiger partial charge is 0.209 e. The standard InChI is InChI=1S/C19H22N4O/c1-3-7-17-15(5-1)20-13-23(17)14-9-10-22(11-14)12-19-21-16-6-2-4-8-18(16)24-19/h2,4,6,8,13-14H,1,3,5,7,9-12H2/t14-/m0/s1. The van der Waals surface area contributed by atoms with Crippen molar-refractivity contribution < 1.29 is 4.42 Å². The molecular formula is C19H22N4O. The van der Waals surface area contributed by atoms with Gasteiger partial charge in [-0.05, 0) is 44.2 Å². The number of hydrogen-bond donors (Lipinski definition) is 0. The molecule has 3 aromatic rings. The van der Waals surface area contributed by atoms with Gasteiger partial charge in [-0.25, -0.2) is 9.97 Å². The second kappa shape index (κ2) is 5.74. The lowest BCUT2D eigenvalue weighted by molar-refractivity contribution is 0.283. The van der Waals surface area contributed by atoms with Crippen molar-refractivity contribution in [2.24, 2.45) is 0 Å². The zero-order valence-electron chi connectivity index (χ0n) is 13.8. The van der Waals surface area contributed by atoms with Crippen molar-refractivity contribution >= 4 is 11.1 Å². The molecule has 0 amide bonds. The highest BCUT2D eigenvalue weighted by molar-refractivity contribution is 5.72. The van der Waals surface area contributed by atoms with Crippen LogP contribution in [0.15, 0.2) is 35.0 Å². The van der Waals surface area contributed by atoms with E-state index in [1.165, 1.54) is 37.1 Å². The number of fused-ring (bicyclic) bond motifs is 2. The topological polar surface area (TPSA) is 47.1 Å². The maximum Gasteiger partial charge on any atom is 0.209 e. The Labute approximate surface area is 141 Å². The number of aromatic nitrogens is 3. The number of likely N-dealkylation sites (tertiary alicyclic amines) is 1. The molecule has 124 valence electrons. The fourth-order valence-electron chi connectivity index (χ4n) is 4.17. The number of nitrogens with zero attached hydrogens (tertiary/aromatic N) is 4. The van der Waals surface area contributed by atoms with Gasteiger partial charge in [0.25, 0.3) is 0 Å². The minimum atomic E-state index is 0.545. The van der Waals surface area contributed by atoms with E-state index in [-0.39, 0.29) is 0 Å². The summed E-state index contributed by atoms with van der Waals surface area (Å²) in [5.41, 5.74) is 4.65. The van der Waals surface area contributed by atoms with E-state index in [0.29, 0.717) is 6.04 Å². The number of aryl methyl sites for hydroxylation is 1. The van der Waals surface area contributed by atoms with Crippen molar-refractivity contribution in [2.75, 3.05) is 13.1 Å². The summed E-state index contributed by atoms with van der Waals surface area (Å²) in [6.45, 7) is 2.94. The van der Waals surface area contributed by atoms with Gasteiger partial charge in [-0.3, -0.25) is 4.90 Å². The van der Waals surface area contributed by atoms with Crippen molar-refractivity contribution in [1.29, 1.82) is 0 Å². The molecule has 1 fully saturated rings. The highest BCUT2D eigenvalue weighted by Crippen LogP contribution is 2.29. The van der Waals surface area contributed by atoms with Crippen LogP contribution >= 0.6 is 0 Å². The Morgan fingerprint density at radius 1 is 1.17 bits per heavy atom. The van der Waals surface area contributed by atoms with Gasteiger partial charge in [-0.1, -0.05) is 12.1 Å². The van der Waals surface area contributed by atoms with Gasteiger partial charge in [0.15, 0.2) is 5.58 Å². The molecule has 0 radical (unpaired) electrons. The van der Waals surface area contributed by atoms with Gasteiger partial charge < -0.3 is 8.98 Å². The Balaban J connectivity index is 1.31. The van der Waals surface area contributed by atoms with E-state index in [0.717, 1.165) is 43.0 Å². The minimum Gasteiger partial charge on any atom is -0.439 e. The monoisotopic (exact) mass is 322 g/mol. The summed E-state index contributed by atoms with van der Waals surface area (Å²) < 4.78 is 8.32. The molecule has 24 heavy (non-hydrogen) atoms. The van der Waals surface area contributed by atoms with Crippen LogP contribution in [0.25, 0.3) is 11.1 Å². The summed E-state index contributed by atoms with van der Waals surface area (Å²) >= 11 is 0. The van der Waals surface area contributed by atoms with Gasteiger partial charge >= 0.3 is 0 Å². The lowest BCUT2D eigenvalue weighted by Crippen LogP contribution is -2.22. The zero-order valence-corrected chi connectivity index (χ0v) is 13.8. The molecule has 0 unspecified atom stereocenters. The first-order valence-corrected chi connectivity index (χ1v) is 8.98. The molecule has 3 heterocycles. The number of rotatable bonds is 3. The molecule has 0 spiro atoms. The normalized spacial score (nSPS) is 21.4. The summed E-state index contributed by atoms with van der Waals surface area (Å²) in [5, 5.41) is 0. The van der Waals surface area contributed by atoms with Crippen molar-refractivity contribution in [3.63, 3.8) is 0 Å². The minimum absolute atomic E-state index is 0.545. The largest absolute Gasteiger partial charge is 0.439 e. The van der Waals surface area contributed by atoms with Gasteiger partial charge in [-0.15, -0.1) is 0 Å². The Bertz CT molecular complexity index is 832. The first-order valence-electron chi connectivity index (χ1n) is 8.98. The van der Waals surface area contributed by atoms with Gasteiger partial charge in [0.2, 0.25) is 5.89 Å². The molecule has 0 N–H and O–H groups in total. The molecule has 1 aromatic carbocycles. The van der Waals surface area contributed by atoms with Crippen molar-refractivity contribution in [3.8, 4) is 0 Å². The lowest BCUT2D eigenvalue weighted by atomic mass is 10.0. The number of oxazole rings is 1. The molecule has 1 aliphatic heterocycles. The third-order valence-electron chi connectivity index (χ3n) is 5.40. The van der Waals surface area contributed by atoms with E-state index in [4.69, 9.17) is 4.42 Å². The molecule has 5 rings (SSSR count). The van der Waals surface area contributed by atoms with Crippen LogP contribution in [0.5, 0.6) is 0 Å². The number of benzene rings is 1. The van der Waals surface area contributed by atoms with Gasteiger partial charge in [0.1, 0.15) is 5.52 Å². The van der Waals surface area contributed by atoms with Crippen LogP contribution in [0.1, 0.15) is 42.6 Å². The van der Waals surface area contributed by atoms with Crippen molar-refractivity contribution in [2.45, 2.75) is 44.7 Å². The highest BCUT2D eigenvalue weighted by Gasteiger charge is 2.28. The average Bonchev–Trinajstić information content (AvgIpc) is 3.31. The fourth-order valence-corrected chi connectivity index (χ4v) is 4.17. The highest BCUT2D eigenvalue weighted by atomic mass is 16.3. The fraction of sp³-hybridized carbons (Fsp3) is 0.474. The van der Waals surface area contributed by atoms with E-state index in [1.807, 2.05) is 24.3 Å². The quantitative estimate of drug-likeness (QED) is 0.742. The summed E-state index contributed by atoms with van der Waals surface area (Å²) in [7, 11) is 0. The Morgan fingerprint density at radius 2 is 2.08 bits per heavy atom. The van der Waals surface area contributed by atoms with Crippen LogP contribution in [0.3, 0.4) is 0 Å². The van der Waals surface area contributed by atoms with E-state index >= 15 is 0 Å². The van der Waals surface area contributed by atoms with Crippen LogP contribution in [-0.4, -0.2) is 32.5 Å². The molecule has 0 bridgehead atoms. The van der Waals surface area contributed by atoms with Crippen molar-refractivity contribution in [1.82, 2.24) is 19.4 Å². The first kappa shape index (κ1) is 14.2. The average molecular weight is 322 g/mol. The Morgan fingerprint density at radius 3 is 3.04 bits per heavy atom. The third kappa shape index (κ3) is 2.44. The Kier molecular flexibility index (Phi) is 3.40. The van der Waals surface area contributed by atoms with Crippen LogP contribution in [0.2, 0.25) is 0 Å². The molecule has 0 saturated carbocycles. The molecular weight excluding hydrogens is 300 g/mol. The van der Waals surface area contributed by atoms with E-state index in [2.05, 4.69) is 25.8 Å².